The molecule has 0 aliphatic carbocycles. The van der Waals surface area contributed by atoms with Gasteiger partial charge in [0.05, 0.1) is 5.69 Å². The lowest BCUT2D eigenvalue weighted by atomic mass is 9.96. The van der Waals surface area contributed by atoms with Gasteiger partial charge in [-0.15, -0.1) is 12.4 Å². The van der Waals surface area contributed by atoms with Crippen LogP contribution in [0, 0.1) is 0 Å². The number of rotatable bonds is 2. The quantitative estimate of drug-likeness (QED) is 0.763. The molecule has 3 heterocycles. The number of nitrogens with one attached hydrogen (secondary N) is 3. The molecule has 0 spiro atoms. The van der Waals surface area contributed by atoms with Gasteiger partial charge in [0.2, 0.25) is 0 Å². The second kappa shape index (κ2) is 5.33. The highest BCUT2D eigenvalue weighted by Crippen LogP contribution is 2.24. The SMILES string of the molecule is Cl.c1cc(-c2cc(C3CCCNC3)[nH]n2)[nH]n1. The molecule has 1 aliphatic heterocycles. The maximum absolute atomic E-state index is 4.31. The summed E-state index contributed by atoms with van der Waals surface area (Å²) in [5, 5.41) is 17.7. The minimum absolute atomic E-state index is 0. The van der Waals surface area contributed by atoms with Gasteiger partial charge in [0.15, 0.2) is 0 Å². The fraction of sp³-hybridized carbons (Fsp3) is 0.455. The van der Waals surface area contributed by atoms with Crippen LogP contribution in [-0.4, -0.2) is 33.5 Å². The Labute approximate surface area is 106 Å². The summed E-state index contributed by atoms with van der Waals surface area (Å²) in [6.07, 6.45) is 4.21. The maximum Gasteiger partial charge on any atom is 0.110 e. The molecule has 3 rings (SSSR count). The molecule has 5 nitrogen and oxygen atoms in total. The number of aromatic nitrogens is 4. The van der Waals surface area contributed by atoms with E-state index in [1.165, 1.54) is 18.5 Å². The minimum Gasteiger partial charge on any atom is -0.316 e. The molecule has 0 bridgehead atoms. The first-order valence-electron chi connectivity index (χ1n) is 5.69. The molecule has 1 atom stereocenters. The van der Waals surface area contributed by atoms with Crippen LogP contribution in [0.1, 0.15) is 24.5 Å². The number of hydrogen-bond acceptors (Lipinski definition) is 3. The van der Waals surface area contributed by atoms with Crippen LogP contribution < -0.4 is 5.32 Å². The van der Waals surface area contributed by atoms with Gasteiger partial charge in [0.25, 0.3) is 0 Å². The molecule has 1 saturated heterocycles. The summed E-state index contributed by atoms with van der Waals surface area (Å²) in [7, 11) is 0. The van der Waals surface area contributed by atoms with Crippen LogP contribution in [0.3, 0.4) is 0 Å². The number of hydrogen-bond donors (Lipinski definition) is 3. The molecule has 0 amide bonds. The van der Waals surface area contributed by atoms with Crippen molar-refractivity contribution in [3.05, 3.63) is 24.0 Å². The highest BCUT2D eigenvalue weighted by molar-refractivity contribution is 5.85. The summed E-state index contributed by atoms with van der Waals surface area (Å²) in [6, 6.07) is 4.05. The van der Waals surface area contributed by atoms with Crippen molar-refractivity contribution in [3.63, 3.8) is 0 Å². The van der Waals surface area contributed by atoms with E-state index in [0.29, 0.717) is 5.92 Å². The number of H-pyrrole nitrogens is 2. The first kappa shape index (κ1) is 12.1. The van der Waals surface area contributed by atoms with Crippen molar-refractivity contribution in [1.29, 1.82) is 0 Å². The smallest absolute Gasteiger partial charge is 0.110 e. The van der Waals surface area contributed by atoms with Gasteiger partial charge in [-0.2, -0.15) is 10.2 Å². The van der Waals surface area contributed by atoms with Crippen LogP contribution in [0.15, 0.2) is 18.3 Å². The van der Waals surface area contributed by atoms with Gasteiger partial charge in [0, 0.05) is 24.4 Å². The Balaban J connectivity index is 0.00000108. The van der Waals surface area contributed by atoms with E-state index in [9.17, 15) is 0 Å². The predicted octanol–water partition coefficient (Wildman–Crippen LogP) is 1.69. The Kier molecular flexibility index (Phi) is 3.81. The monoisotopic (exact) mass is 253 g/mol. The van der Waals surface area contributed by atoms with E-state index in [-0.39, 0.29) is 12.4 Å². The lowest BCUT2D eigenvalue weighted by Crippen LogP contribution is -2.28. The van der Waals surface area contributed by atoms with Crippen LogP contribution in [-0.2, 0) is 0 Å². The third-order valence-corrected chi connectivity index (χ3v) is 3.11. The fourth-order valence-electron chi connectivity index (χ4n) is 2.20. The molecule has 1 aliphatic rings. The van der Waals surface area contributed by atoms with Crippen molar-refractivity contribution < 1.29 is 0 Å². The average Bonchev–Trinajstić information content (AvgIpc) is 3.01. The second-order valence-electron chi connectivity index (χ2n) is 4.22. The molecule has 2 aromatic heterocycles. The molecule has 2 aromatic rings. The minimum atomic E-state index is 0. The van der Waals surface area contributed by atoms with Crippen LogP contribution in [0.4, 0.5) is 0 Å². The number of nitrogens with zero attached hydrogens (tertiary/aromatic N) is 2. The molecular formula is C11H16ClN5. The first-order chi connectivity index (χ1) is 7.93. The van der Waals surface area contributed by atoms with E-state index in [4.69, 9.17) is 0 Å². The van der Waals surface area contributed by atoms with E-state index in [1.807, 2.05) is 6.07 Å². The molecule has 3 N–H and O–H groups in total. The third-order valence-electron chi connectivity index (χ3n) is 3.11. The summed E-state index contributed by atoms with van der Waals surface area (Å²) in [6.45, 7) is 2.18. The molecule has 6 heteroatoms. The van der Waals surface area contributed by atoms with Gasteiger partial charge in [-0.3, -0.25) is 10.2 Å². The van der Waals surface area contributed by atoms with Crippen molar-refractivity contribution in [3.8, 4) is 11.4 Å². The summed E-state index contributed by atoms with van der Waals surface area (Å²) in [5.74, 6) is 0.568. The second-order valence-corrected chi connectivity index (χ2v) is 4.22. The maximum atomic E-state index is 4.31. The molecule has 0 saturated carbocycles. The topological polar surface area (TPSA) is 69.4 Å². The number of piperidine rings is 1. The lowest BCUT2D eigenvalue weighted by Gasteiger charge is -2.21. The average molecular weight is 254 g/mol. The standard InChI is InChI=1S/C11H15N5.ClH/c1-2-8(7-12-4-1)10-6-11(16-15-10)9-3-5-13-14-9;/h3,5-6,8,12H,1-2,4,7H2,(H,13,14)(H,15,16);1H. The van der Waals surface area contributed by atoms with E-state index < -0.39 is 0 Å². The predicted molar refractivity (Wildman–Crippen MR) is 68.3 cm³/mol. The van der Waals surface area contributed by atoms with E-state index in [2.05, 4.69) is 31.8 Å². The Hall–Kier alpha value is -1.33. The zero-order valence-corrected chi connectivity index (χ0v) is 10.3. The summed E-state index contributed by atoms with van der Waals surface area (Å²) >= 11 is 0. The van der Waals surface area contributed by atoms with Crippen molar-refractivity contribution in [2.45, 2.75) is 18.8 Å². The number of halogens is 1. The van der Waals surface area contributed by atoms with Gasteiger partial charge in [-0.1, -0.05) is 0 Å². The Morgan fingerprint density at radius 1 is 1.29 bits per heavy atom. The van der Waals surface area contributed by atoms with Crippen molar-refractivity contribution in [2.75, 3.05) is 13.1 Å². The van der Waals surface area contributed by atoms with Crippen molar-refractivity contribution in [1.82, 2.24) is 25.7 Å². The van der Waals surface area contributed by atoms with Crippen LogP contribution in [0.2, 0.25) is 0 Å². The van der Waals surface area contributed by atoms with Crippen molar-refractivity contribution >= 4 is 12.4 Å². The highest BCUT2D eigenvalue weighted by atomic mass is 35.5. The highest BCUT2D eigenvalue weighted by Gasteiger charge is 2.17. The number of aromatic amines is 2. The van der Waals surface area contributed by atoms with Gasteiger partial charge in [-0.25, -0.2) is 0 Å². The Morgan fingerprint density at radius 2 is 2.24 bits per heavy atom. The molecular weight excluding hydrogens is 238 g/mol. The van der Waals surface area contributed by atoms with Crippen LogP contribution >= 0.6 is 12.4 Å². The molecule has 0 radical (unpaired) electrons. The summed E-state index contributed by atoms with van der Waals surface area (Å²) in [5.41, 5.74) is 3.13. The zero-order valence-electron chi connectivity index (χ0n) is 9.44. The van der Waals surface area contributed by atoms with Gasteiger partial charge in [0.1, 0.15) is 5.69 Å². The van der Waals surface area contributed by atoms with Gasteiger partial charge in [-0.05, 0) is 31.5 Å². The van der Waals surface area contributed by atoms with Crippen LogP contribution in [0.25, 0.3) is 11.4 Å². The molecule has 1 fully saturated rings. The van der Waals surface area contributed by atoms with Gasteiger partial charge < -0.3 is 5.32 Å². The summed E-state index contributed by atoms with van der Waals surface area (Å²) in [4.78, 5) is 0. The Bertz CT molecular complexity index is 444. The first-order valence-corrected chi connectivity index (χ1v) is 5.69. The molecule has 0 aromatic carbocycles. The van der Waals surface area contributed by atoms with E-state index in [0.717, 1.165) is 24.5 Å². The molecule has 1 unspecified atom stereocenters. The largest absolute Gasteiger partial charge is 0.316 e. The van der Waals surface area contributed by atoms with E-state index >= 15 is 0 Å². The van der Waals surface area contributed by atoms with Gasteiger partial charge >= 0.3 is 0 Å². The molecule has 17 heavy (non-hydrogen) atoms. The van der Waals surface area contributed by atoms with Crippen LogP contribution in [0.5, 0.6) is 0 Å². The zero-order chi connectivity index (χ0) is 10.8. The molecule has 92 valence electrons. The third kappa shape index (κ3) is 2.50. The van der Waals surface area contributed by atoms with Crippen molar-refractivity contribution in [2.24, 2.45) is 0 Å². The van der Waals surface area contributed by atoms with E-state index in [1.54, 1.807) is 6.20 Å². The Morgan fingerprint density at radius 3 is 2.94 bits per heavy atom. The lowest BCUT2D eigenvalue weighted by molar-refractivity contribution is 0.454. The normalized spacial score (nSPS) is 19.9. The summed E-state index contributed by atoms with van der Waals surface area (Å²) < 4.78 is 0. The fourth-order valence-corrected chi connectivity index (χ4v) is 2.20.